The number of benzene rings is 1. The molecule has 2 rings (SSSR count). The number of carboxylic acids is 1. The Balaban J connectivity index is 1.77. The Morgan fingerprint density at radius 1 is 1.19 bits per heavy atom. The maximum atomic E-state index is 13.4. The zero-order valence-corrected chi connectivity index (χ0v) is 12.3. The molecule has 21 heavy (non-hydrogen) atoms. The quantitative estimate of drug-likeness (QED) is 0.827. The maximum absolute atomic E-state index is 13.4. The Morgan fingerprint density at radius 2 is 1.86 bits per heavy atom. The average molecular weight is 312 g/mol. The predicted molar refractivity (Wildman–Crippen MR) is 77.8 cm³/mol. The first-order valence-corrected chi connectivity index (χ1v) is 7.64. The van der Waals surface area contributed by atoms with Gasteiger partial charge in [0.15, 0.2) is 0 Å². The minimum absolute atomic E-state index is 0.00596. The van der Waals surface area contributed by atoms with E-state index in [0.717, 1.165) is 0 Å². The Kier molecular flexibility index (Phi) is 5.58. The Morgan fingerprint density at radius 3 is 2.48 bits per heavy atom. The molecular weight excluding hydrogens is 295 g/mol. The minimum Gasteiger partial charge on any atom is -0.480 e. The van der Waals surface area contributed by atoms with E-state index < -0.39 is 5.97 Å². The monoisotopic (exact) mass is 312 g/mol. The van der Waals surface area contributed by atoms with Crippen molar-refractivity contribution in [2.24, 2.45) is 0 Å². The summed E-state index contributed by atoms with van der Waals surface area (Å²) in [6.45, 7) is 2.16. The number of hydrogen-bond acceptors (Lipinski definition) is 4. The summed E-state index contributed by atoms with van der Waals surface area (Å²) in [7, 11) is 0. The van der Waals surface area contributed by atoms with Crippen LogP contribution in [0, 0.1) is 5.82 Å². The number of carbonyl (C=O) groups excluding carboxylic acids is 1. The van der Waals surface area contributed by atoms with Gasteiger partial charge in [-0.05, 0) is 12.1 Å². The molecule has 0 atom stereocenters. The van der Waals surface area contributed by atoms with E-state index in [-0.39, 0.29) is 24.0 Å². The summed E-state index contributed by atoms with van der Waals surface area (Å²) in [5.74, 6) is -1.02. The second kappa shape index (κ2) is 7.42. The van der Waals surface area contributed by atoms with Crippen LogP contribution in [0.25, 0.3) is 0 Å². The number of halogens is 1. The van der Waals surface area contributed by atoms with E-state index in [1.54, 1.807) is 28.0 Å². The molecule has 1 heterocycles. The van der Waals surface area contributed by atoms with Crippen molar-refractivity contribution in [1.29, 1.82) is 0 Å². The Bertz CT molecular complexity index is 519. The van der Waals surface area contributed by atoms with E-state index in [9.17, 15) is 14.0 Å². The van der Waals surface area contributed by atoms with E-state index in [2.05, 4.69) is 0 Å². The van der Waals surface area contributed by atoms with Crippen molar-refractivity contribution in [2.45, 2.75) is 4.90 Å². The van der Waals surface area contributed by atoms with Crippen LogP contribution in [0.1, 0.15) is 0 Å². The lowest BCUT2D eigenvalue weighted by Gasteiger charge is -2.33. The number of thioether (sulfide) groups is 1. The number of nitrogens with zero attached hydrogens (tertiary/aromatic N) is 2. The molecule has 1 aromatic carbocycles. The third-order valence-electron chi connectivity index (χ3n) is 3.27. The summed E-state index contributed by atoms with van der Waals surface area (Å²) < 4.78 is 13.4. The van der Waals surface area contributed by atoms with Gasteiger partial charge >= 0.3 is 5.97 Å². The maximum Gasteiger partial charge on any atom is 0.317 e. The molecule has 0 aromatic heterocycles. The number of piperazine rings is 1. The van der Waals surface area contributed by atoms with E-state index in [1.807, 2.05) is 0 Å². The van der Waals surface area contributed by atoms with Gasteiger partial charge in [-0.1, -0.05) is 12.1 Å². The second-order valence-corrected chi connectivity index (χ2v) is 5.79. The smallest absolute Gasteiger partial charge is 0.317 e. The first kappa shape index (κ1) is 15.8. The van der Waals surface area contributed by atoms with E-state index in [4.69, 9.17) is 5.11 Å². The topological polar surface area (TPSA) is 60.9 Å². The molecule has 7 heteroatoms. The molecule has 1 N–H and O–H groups in total. The average Bonchev–Trinajstić information content (AvgIpc) is 2.46. The van der Waals surface area contributed by atoms with Crippen LogP contribution in [0.15, 0.2) is 29.2 Å². The van der Waals surface area contributed by atoms with E-state index in [1.165, 1.54) is 17.8 Å². The second-order valence-electron chi connectivity index (χ2n) is 4.77. The number of rotatable bonds is 5. The molecule has 0 spiro atoms. The molecule has 1 aliphatic rings. The van der Waals surface area contributed by atoms with Gasteiger partial charge in [0.05, 0.1) is 12.3 Å². The summed E-state index contributed by atoms with van der Waals surface area (Å²) in [5.41, 5.74) is 0. The summed E-state index contributed by atoms with van der Waals surface area (Å²) in [6.07, 6.45) is 0. The SMILES string of the molecule is O=C(O)CN1CCN(C(=O)CSc2ccccc2F)CC1. The van der Waals surface area contributed by atoms with Crippen LogP contribution in [-0.4, -0.2) is 65.3 Å². The molecule has 1 amide bonds. The molecule has 0 unspecified atom stereocenters. The van der Waals surface area contributed by atoms with Gasteiger partial charge in [-0.15, -0.1) is 11.8 Å². The molecule has 1 aliphatic heterocycles. The van der Waals surface area contributed by atoms with Crippen molar-refractivity contribution in [3.05, 3.63) is 30.1 Å². The van der Waals surface area contributed by atoms with Gasteiger partial charge in [0.1, 0.15) is 5.82 Å². The number of amides is 1. The molecule has 1 fully saturated rings. The van der Waals surface area contributed by atoms with E-state index in [0.29, 0.717) is 31.1 Å². The van der Waals surface area contributed by atoms with Crippen LogP contribution in [0.4, 0.5) is 4.39 Å². The van der Waals surface area contributed by atoms with Crippen molar-refractivity contribution in [2.75, 3.05) is 38.5 Å². The lowest BCUT2D eigenvalue weighted by molar-refractivity contribution is -0.139. The van der Waals surface area contributed by atoms with Crippen molar-refractivity contribution in [3.8, 4) is 0 Å². The van der Waals surface area contributed by atoms with Gasteiger partial charge < -0.3 is 10.0 Å². The van der Waals surface area contributed by atoms with Crippen molar-refractivity contribution < 1.29 is 19.1 Å². The van der Waals surface area contributed by atoms with Crippen LogP contribution in [-0.2, 0) is 9.59 Å². The fourth-order valence-electron chi connectivity index (χ4n) is 2.14. The van der Waals surface area contributed by atoms with Crippen LogP contribution in [0.3, 0.4) is 0 Å². The summed E-state index contributed by atoms with van der Waals surface area (Å²) in [5, 5.41) is 8.72. The summed E-state index contributed by atoms with van der Waals surface area (Å²) in [6, 6.07) is 6.37. The van der Waals surface area contributed by atoms with Crippen LogP contribution in [0.2, 0.25) is 0 Å². The Labute approximate surface area is 126 Å². The van der Waals surface area contributed by atoms with Gasteiger partial charge in [0, 0.05) is 31.1 Å². The highest BCUT2D eigenvalue weighted by Gasteiger charge is 2.22. The highest BCUT2D eigenvalue weighted by atomic mass is 32.2. The summed E-state index contributed by atoms with van der Waals surface area (Å²) >= 11 is 1.19. The van der Waals surface area contributed by atoms with Crippen molar-refractivity contribution in [3.63, 3.8) is 0 Å². The van der Waals surface area contributed by atoms with Crippen molar-refractivity contribution in [1.82, 2.24) is 9.80 Å². The molecule has 1 saturated heterocycles. The predicted octanol–water partition coefficient (Wildman–Crippen LogP) is 1.15. The molecule has 0 aliphatic carbocycles. The summed E-state index contributed by atoms with van der Waals surface area (Å²) in [4.78, 5) is 26.6. The minimum atomic E-state index is -0.857. The molecule has 1 aromatic rings. The highest BCUT2D eigenvalue weighted by Crippen LogP contribution is 2.21. The lowest BCUT2D eigenvalue weighted by Crippen LogP contribution is -2.50. The van der Waals surface area contributed by atoms with Gasteiger partial charge in [-0.3, -0.25) is 14.5 Å². The first-order chi connectivity index (χ1) is 10.1. The molecule has 114 valence electrons. The van der Waals surface area contributed by atoms with Gasteiger partial charge in [-0.25, -0.2) is 4.39 Å². The van der Waals surface area contributed by atoms with Crippen LogP contribution < -0.4 is 0 Å². The fraction of sp³-hybridized carbons (Fsp3) is 0.429. The fourth-order valence-corrected chi connectivity index (χ4v) is 2.98. The van der Waals surface area contributed by atoms with Crippen molar-refractivity contribution >= 4 is 23.6 Å². The third kappa shape index (κ3) is 4.71. The van der Waals surface area contributed by atoms with Crippen LogP contribution >= 0.6 is 11.8 Å². The van der Waals surface area contributed by atoms with Gasteiger partial charge in [0.2, 0.25) is 5.91 Å². The molecule has 0 radical (unpaired) electrons. The number of aliphatic carboxylic acids is 1. The van der Waals surface area contributed by atoms with Crippen LogP contribution in [0.5, 0.6) is 0 Å². The Hall–Kier alpha value is -1.60. The number of carboxylic acid groups (broad SMARTS) is 1. The molecule has 0 saturated carbocycles. The zero-order valence-electron chi connectivity index (χ0n) is 11.5. The first-order valence-electron chi connectivity index (χ1n) is 6.65. The normalized spacial score (nSPS) is 16.0. The standard InChI is InChI=1S/C14H17FN2O3S/c15-11-3-1-2-4-12(11)21-10-13(18)17-7-5-16(6-8-17)9-14(19)20/h1-4H,5-10H2,(H,19,20). The van der Waals surface area contributed by atoms with Gasteiger partial charge in [0.25, 0.3) is 0 Å². The number of carbonyl (C=O) groups is 2. The third-order valence-corrected chi connectivity index (χ3v) is 4.31. The largest absolute Gasteiger partial charge is 0.480 e. The lowest BCUT2D eigenvalue weighted by atomic mass is 10.3. The molecular formula is C14H17FN2O3S. The zero-order chi connectivity index (χ0) is 15.2. The number of hydrogen-bond donors (Lipinski definition) is 1. The molecule has 5 nitrogen and oxygen atoms in total. The van der Waals surface area contributed by atoms with Gasteiger partial charge in [-0.2, -0.15) is 0 Å². The highest BCUT2D eigenvalue weighted by molar-refractivity contribution is 8.00. The van der Waals surface area contributed by atoms with E-state index >= 15 is 0 Å². The molecule has 0 bridgehead atoms.